The second kappa shape index (κ2) is 16.5. The van der Waals surface area contributed by atoms with Gasteiger partial charge in [-0.15, -0.1) is 0 Å². The number of hydrogen-bond donors (Lipinski definition) is 0. The third-order valence-electron chi connectivity index (χ3n) is 12.0. The van der Waals surface area contributed by atoms with E-state index in [4.69, 9.17) is 0 Å². The molecule has 4 fully saturated rings. The second-order valence-corrected chi connectivity index (χ2v) is 21.8. The summed E-state index contributed by atoms with van der Waals surface area (Å²) >= 11 is 0. The molecule has 0 unspecified atom stereocenters. The maximum absolute atomic E-state index is 14.7. The minimum atomic E-state index is -2.32. The van der Waals surface area contributed by atoms with Crippen molar-refractivity contribution in [3.05, 3.63) is 57.6 Å². The summed E-state index contributed by atoms with van der Waals surface area (Å²) in [6.07, 6.45) is 27.5. The van der Waals surface area contributed by atoms with Crippen molar-refractivity contribution in [1.82, 2.24) is 0 Å². The van der Waals surface area contributed by atoms with Crippen LogP contribution in [0.1, 0.15) is 162 Å². The van der Waals surface area contributed by atoms with Gasteiger partial charge in [-0.1, -0.05) is 120 Å². The SMILES string of the molecule is Cc1cc(C)c(P(=O)(C2CCCCC2)C2CCCCC2)c(C)c1.Cc1cc(C)c(P(C2CCCCC2)C2CCCCC2)c(C)c1. The van der Waals surface area contributed by atoms with Gasteiger partial charge in [-0.25, -0.2) is 0 Å². The molecule has 6 rings (SSSR count). The highest BCUT2D eigenvalue weighted by Crippen LogP contribution is 2.63. The van der Waals surface area contributed by atoms with Crippen molar-refractivity contribution in [2.24, 2.45) is 0 Å². The summed E-state index contributed by atoms with van der Waals surface area (Å²) in [5, 5.41) is 3.08. The minimum absolute atomic E-state index is 0.0538. The van der Waals surface area contributed by atoms with Crippen molar-refractivity contribution in [2.75, 3.05) is 0 Å². The highest BCUT2D eigenvalue weighted by Gasteiger charge is 2.44. The normalized spacial score (nSPS) is 21.5. The first-order valence-corrected chi connectivity index (χ1v) is 22.6. The first-order chi connectivity index (χ1) is 21.7. The van der Waals surface area contributed by atoms with Gasteiger partial charge in [-0.3, -0.25) is 0 Å². The predicted octanol–water partition coefficient (Wildman–Crippen LogP) is 12.7. The largest absolute Gasteiger partial charge is 0.318 e. The van der Waals surface area contributed by atoms with Gasteiger partial charge in [0.15, 0.2) is 0 Å². The predicted molar refractivity (Wildman–Crippen MR) is 203 cm³/mol. The molecule has 4 saturated carbocycles. The fraction of sp³-hybridized carbons (Fsp3) is 0.714. The Morgan fingerprint density at radius 2 is 0.778 bits per heavy atom. The Morgan fingerprint density at radius 1 is 0.467 bits per heavy atom. The molecule has 3 heteroatoms. The number of hydrogen-bond acceptors (Lipinski definition) is 1. The zero-order chi connectivity index (χ0) is 32.0. The first-order valence-electron chi connectivity index (χ1n) is 19.2. The second-order valence-electron chi connectivity index (χ2n) is 15.8. The van der Waals surface area contributed by atoms with Gasteiger partial charge in [0, 0.05) is 16.6 Å². The van der Waals surface area contributed by atoms with Crippen LogP contribution in [0.4, 0.5) is 0 Å². The van der Waals surface area contributed by atoms with Crippen molar-refractivity contribution in [2.45, 2.75) is 193 Å². The van der Waals surface area contributed by atoms with E-state index >= 15 is 0 Å². The van der Waals surface area contributed by atoms with Crippen LogP contribution in [0.15, 0.2) is 24.3 Å². The van der Waals surface area contributed by atoms with E-state index in [1.165, 1.54) is 156 Å². The molecule has 0 spiro atoms. The molecule has 0 saturated heterocycles. The van der Waals surface area contributed by atoms with E-state index in [9.17, 15) is 4.57 Å². The zero-order valence-corrected chi connectivity index (χ0v) is 31.9. The monoisotopic (exact) mass is 648 g/mol. The van der Waals surface area contributed by atoms with E-state index in [-0.39, 0.29) is 7.92 Å². The molecule has 0 N–H and O–H groups in total. The molecule has 45 heavy (non-hydrogen) atoms. The van der Waals surface area contributed by atoms with Crippen molar-refractivity contribution < 1.29 is 4.57 Å². The molecule has 4 aliphatic carbocycles. The lowest BCUT2D eigenvalue weighted by atomic mass is 9.99. The third-order valence-corrected chi connectivity index (χ3v) is 20.5. The smallest absolute Gasteiger partial charge is 0.122 e. The Balaban J connectivity index is 0.000000178. The average Bonchev–Trinajstić information content (AvgIpc) is 3.04. The zero-order valence-electron chi connectivity index (χ0n) is 30.1. The first kappa shape index (κ1) is 35.4. The van der Waals surface area contributed by atoms with Crippen molar-refractivity contribution in [3.8, 4) is 0 Å². The van der Waals surface area contributed by atoms with Crippen LogP contribution in [0, 0.1) is 41.5 Å². The number of aryl methyl sites for hydroxylation is 6. The lowest BCUT2D eigenvalue weighted by Gasteiger charge is -2.40. The Bertz CT molecular complexity index is 1200. The Kier molecular flexibility index (Phi) is 13.0. The van der Waals surface area contributed by atoms with E-state index in [1.54, 1.807) is 16.4 Å². The molecule has 0 bridgehead atoms. The summed E-state index contributed by atoms with van der Waals surface area (Å²) in [4.78, 5) is 0. The quantitative estimate of drug-likeness (QED) is 0.285. The van der Waals surface area contributed by atoms with Gasteiger partial charge in [0.25, 0.3) is 0 Å². The topological polar surface area (TPSA) is 17.1 Å². The van der Waals surface area contributed by atoms with Crippen molar-refractivity contribution in [3.63, 3.8) is 0 Å². The van der Waals surface area contributed by atoms with Gasteiger partial charge in [-0.05, 0) is 132 Å². The van der Waals surface area contributed by atoms with Crippen LogP contribution in [-0.4, -0.2) is 22.6 Å². The lowest BCUT2D eigenvalue weighted by molar-refractivity contribution is 0.452. The van der Waals surface area contributed by atoms with Gasteiger partial charge in [0.1, 0.15) is 7.14 Å². The maximum Gasteiger partial charge on any atom is 0.122 e. The van der Waals surface area contributed by atoms with E-state index < -0.39 is 7.14 Å². The molecule has 250 valence electrons. The van der Waals surface area contributed by atoms with E-state index in [2.05, 4.69) is 65.8 Å². The van der Waals surface area contributed by atoms with Gasteiger partial charge < -0.3 is 4.57 Å². The van der Waals surface area contributed by atoms with Gasteiger partial charge in [0.2, 0.25) is 0 Å². The molecule has 0 radical (unpaired) electrons. The van der Waals surface area contributed by atoms with Crippen LogP contribution in [0.2, 0.25) is 0 Å². The molecule has 0 aliphatic heterocycles. The maximum atomic E-state index is 14.7. The summed E-state index contributed by atoms with van der Waals surface area (Å²) in [5.74, 6) is 0. The molecule has 0 aromatic heterocycles. The summed E-state index contributed by atoms with van der Waals surface area (Å²) in [7, 11) is -2.26. The third kappa shape index (κ3) is 8.40. The number of rotatable bonds is 6. The summed E-state index contributed by atoms with van der Waals surface area (Å²) in [5.41, 5.74) is 11.5. The molecule has 0 amide bonds. The fourth-order valence-electron chi connectivity index (χ4n) is 10.3. The van der Waals surface area contributed by atoms with Crippen LogP contribution in [0.5, 0.6) is 0 Å². The minimum Gasteiger partial charge on any atom is -0.318 e. The number of benzene rings is 2. The highest BCUT2D eigenvalue weighted by molar-refractivity contribution is 7.73. The molecule has 2 aromatic carbocycles. The van der Waals surface area contributed by atoms with E-state index in [0.29, 0.717) is 11.3 Å². The molecule has 1 nitrogen and oxygen atoms in total. The summed E-state index contributed by atoms with van der Waals surface area (Å²) in [6.45, 7) is 13.6. The van der Waals surface area contributed by atoms with E-state index in [0.717, 1.165) is 11.3 Å². The van der Waals surface area contributed by atoms with Crippen LogP contribution in [0.25, 0.3) is 0 Å². The average molecular weight is 649 g/mol. The molecule has 0 heterocycles. The lowest BCUT2D eigenvalue weighted by Crippen LogP contribution is -2.32. The molecular formula is C42H66OP2. The van der Waals surface area contributed by atoms with Crippen LogP contribution >= 0.6 is 15.1 Å². The van der Waals surface area contributed by atoms with Gasteiger partial charge in [0.05, 0.1) is 0 Å². The van der Waals surface area contributed by atoms with Gasteiger partial charge in [-0.2, -0.15) is 0 Å². The summed E-state index contributed by atoms with van der Waals surface area (Å²) in [6, 6.07) is 9.42. The standard InChI is InChI=1S/C21H33OP.C21H33P/c1-16-14-17(2)21(18(3)15-16)23(22,19-10-6-4-7-11-19)20-12-8-5-9-13-20;1-16-14-17(2)21(18(3)15-16)22(19-10-6-4-7-11-19)20-12-8-5-9-13-20/h14-15,19-20H,4-13H2,1-3H3;14-15,19-20H,4-13H2,1-3H3. The Labute approximate surface area is 279 Å². The summed E-state index contributed by atoms with van der Waals surface area (Å²) < 4.78 is 14.7. The molecule has 2 aromatic rings. The van der Waals surface area contributed by atoms with Crippen LogP contribution in [0.3, 0.4) is 0 Å². The van der Waals surface area contributed by atoms with Crippen LogP contribution < -0.4 is 10.6 Å². The molecule has 0 atom stereocenters. The van der Waals surface area contributed by atoms with Gasteiger partial charge >= 0.3 is 0 Å². The van der Waals surface area contributed by atoms with E-state index in [1.807, 2.05) is 0 Å². The Hall–Kier alpha value is -0.900. The Morgan fingerprint density at radius 3 is 1.13 bits per heavy atom. The van der Waals surface area contributed by atoms with Crippen molar-refractivity contribution >= 4 is 25.7 Å². The molecular weight excluding hydrogens is 582 g/mol. The highest BCUT2D eigenvalue weighted by atomic mass is 31.2. The molecule has 4 aliphatic rings. The fourth-order valence-corrected chi connectivity index (χ4v) is 19.2. The van der Waals surface area contributed by atoms with Crippen molar-refractivity contribution in [1.29, 1.82) is 0 Å². The van der Waals surface area contributed by atoms with Crippen LogP contribution in [-0.2, 0) is 4.57 Å².